The first-order chi connectivity index (χ1) is 16.5. The van der Waals surface area contributed by atoms with Crippen molar-refractivity contribution in [3.63, 3.8) is 0 Å². The topological polar surface area (TPSA) is 168 Å². The maximum Gasteiger partial charge on any atom is 0.373 e. The second-order valence-electron chi connectivity index (χ2n) is 7.03. The van der Waals surface area contributed by atoms with E-state index in [0.717, 1.165) is 18.1 Å². The predicted octanol–water partition coefficient (Wildman–Crippen LogP) is 2.66. The molecule has 1 aliphatic heterocycles. The Morgan fingerprint density at radius 1 is 1.26 bits per heavy atom. The van der Waals surface area contributed by atoms with Gasteiger partial charge in [0.15, 0.2) is 6.10 Å². The van der Waals surface area contributed by atoms with Crippen LogP contribution in [0.3, 0.4) is 0 Å². The summed E-state index contributed by atoms with van der Waals surface area (Å²) in [6, 6.07) is 4.30. The molecule has 0 aliphatic carbocycles. The standard InChI is InChI=1S/C21H18ClN3O10/c1-10(19(27)32-2)34-17-13(22)6-11(8-15(17)25(30)31)7-14-18(26)24(21(29)23-14)9-12-4-5-16(35-12)20(28)33-3/h4-8,10H,9H2,1-3H3,(H,23,29)/b14-7-/t10-/m0/s1. The molecule has 2 heterocycles. The molecule has 0 unspecified atom stereocenters. The Kier molecular flexibility index (Phi) is 7.40. The van der Waals surface area contributed by atoms with Gasteiger partial charge in [-0.25, -0.2) is 14.4 Å². The van der Waals surface area contributed by atoms with Crippen LogP contribution in [0.2, 0.25) is 5.02 Å². The van der Waals surface area contributed by atoms with Crippen molar-refractivity contribution >= 4 is 47.2 Å². The Bertz CT molecular complexity index is 1250. The summed E-state index contributed by atoms with van der Waals surface area (Å²) in [5, 5.41) is 13.7. The van der Waals surface area contributed by atoms with Gasteiger partial charge in [-0.15, -0.1) is 0 Å². The monoisotopic (exact) mass is 507 g/mol. The highest BCUT2D eigenvalue weighted by molar-refractivity contribution is 6.32. The van der Waals surface area contributed by atoms with E-state index in [4.69, 9.17) is 20.8 Å². The van der Waals surface area contributed by atoms with Crippen molar-refractivity contribution < 1.29 is 42.7 Å². The van der Waals surface area contributed by atoms with Gasteiger partial charge in [-0.3, -0.25) is 19.8 Å². The zero-order valence-corrected chi connectivity index (χ0v) is 19.3. The normalized spacial score (nSPS) is 15.1. The summed E-state index contributed by atoms with van der Waals surface area (Å²) < 4.78 is 19.6. The van der Waals surface area contributed by atoms with Gasteiger partial charge in [0.05, 0.1) is 30.7 Å². The number of rotatable bonds is 8. The molecule has 3 rings (SSSR count). The number of esters is 2. The fourth-order valence-electron chi connectivity index (χ4n) is 3.04. The first-order valence-electron chi connectivity index (χ1n) is 9.79. The molecule has 1 fully saturated rings. The van der Waals surface area contributed by atoms with E-state index in [0.29, 0.717) is 0 Å². The molecule has 13 nitrogen and oxygen atoms in total. The van der Waals surface area contributed by atoms with Crippen LogP contribution < -0.4 is 10.1 Å². The molecule has 35 heavy (non-hydrogen) atoms. The van der Waals surface area contributed by atoms with Gasteiger partial charge in [-0.1, -0.05) is 11.6 Å². The van der Waals surface area contributed by atoms with Gasteiger partial charge >= 0.3 is 23.7 Å². The molecule has 14 heteroatoms. The maximum absolute atomic E-state index is 12.7. The summed E-state index contributed by atoms with van der Waals surface area (Å²) in [5.74, 6) is -2.55. The predicted molar refractivity (Wildman–Crippen MR) is 117 cm³/mol. The maximum atomic E-state index is 12.7. The number of benzene rings is 1. The van der Waals surface area contributed by atoms with Gasteiger partial charge < -0.3 is 23.9 Å². The van der Waals surface area contributed by atoms with Crippen LogP contribution >= 0.6 is 11.6 Å². The van der Waals surface area contributed by atoms with Crippen LogP contribution in [0.5, 0.6) is 5.75 Å². The van der Waals surface area contributed by atoms with E-state index in [1.807, 2.05) is 0 Å². The molecule has 1 aromatic heterocycles. The number of furan rings is 1. The highest BCUT2D eigenvalue weighted by Gasteiger charge is 2.35. The van der Waals surface area contributed by atoms with Crippen molar-refractivity contribution in [3.8, 4) is 5.75 Å². The molecule has 1 aromatic carbocycles. The Hall–Kier alpha value is -4.39. The molecule has 0 bridgehead atoms. The van der Waals surface area contributed by atoms with Gasteiger partial charge in [0.2, 0.25) is 11.5 Å². The molecular formula is C21H18ClN3O10. The van der Waals surface area contributed by atoms with E-state index in [2.05, 4.69) is 14.8 Å². The minimum absolute atomic E-state index is 0.101. The van der Waals surface area contributed by atoms with Crippen LogP contribution in [-0.4, -0.2) is 54.0 Å². The van der Waals surface area contributed by atoms with Crippen LogP contribution in [-0.2, 0) is 25.6 Å². The van der Waals surface area contributed by atoms with Gasteiger partial charge in [-0.2, -0.15) is 0 Å². The number of urea groups is 1. The van der Waals surface area contributed by atoms with Gasteiger partial charge in [-0.05, 0) is 36.8 Å². The van der Waals surface area contributed by atoms with E-state index in [9.17, 15) is 29.3 Å². The molecule has 184 valence electrons. The van der Waals surface area contributed by atoms with Crippen molar-refractivity contribution in [1.82, 2.24) is 10.2 Å². The average molecular weight is 508 g/mol. The molecule has 0 spiro atoms. The van der Waals surface area contributed by atoms with Gasteiger partial charge in [0.1, 0.15) is 11.5 Å². The Morgan fingerprint density at radius 3 is 2.60 bits per heavy atom. The molecule has 0 saturated carbocycles. The summed E-state index contributed by atoms with van der Waals surface area (Å²) >= 11 is 6.15. The molecule has 1 atom stereocenters. The van der Waals surface area contributed by atoms with Crippen LogP contribution in [0.1, 0.15) is 28.8 Å². The largest absolute Gasteiger partial charge is 0.471 e. The Balaban J connectivity index is 1.86. The molecule has 1 saturated heterocycles. The number of halogens is 1. The minimum atomic E-state index is -1.18. The number of hydrogen-bond donors (Lipinski definition) is 1. The van der Waals surface area contributed by atoms with Crippen molar-refractivity contribution in [3.05, 3.63) is 62.2 Å². The van der Waals surface area contributed by atoms with E-state index < -0.39 is 40.6 Å². The van der Waals surface area contributed by atoms with Crippen molar-refractivity contribution in [1.29, 1.82) is 0 Å². The molecule has 1 N–H and O–H groups in total. The van der Waals surface area contributed by atoms with E-state index in [1.54, 1.807) is 0 Å². The SMILES string of the molecule is COC(=O)c1ccc(CN2C(=O)N/C(=C\c3cc(Cl)c(O[C@@H](C)C(=O)OC)c([N+](=O)[O-])c3)C2=O)o1. The number of nitro groups is 1. The Morgan fingerprint density at radius 2 is 1.97 bits per heavy atom. The molecule has 0 radical (unpaired) electrons. The lowest BCUT2D eigenvalue weighted by Gasteiger charge is -2.14. The number of amides is 3. The number of carbonyl (C=O) groups is 4. The van der Waals surface area contributed by atoms with Crippen LogP contribution in [0, 0.1) is 10.1 Å². The summed E-state index contributed by atoms with van der Waals surface area (Å²) in [4.78, 5) is 59.8. The third-order valence-corrected chi connectivity index (χ3v) is 4.99. The number of hydrogen-bond acceptors (Lipinski definition) is 10. The van der Waals surface area contributed by atoms with E-state index in [-0.39, 0.29) is 40.1 Å². The summed E-state index contributed by atoms with van der Waals surface area (Å²) in [7, 11) is 2.31. The van der Waals surface area contributed by atoms with Crippen molar-refractivity contribution in [2.75, 3.05) is 14.2 Å². The zero-order chi connectivity index (χ0) is 25.9. The number of nitro benzene ring substituents is 1. The van der Waals surface area contributed by atoms with Gasteiger partial charge in [0, 0.05) is 6.07 Å². The lowest BCUT2D eigenvalue weighted by Crippen LogP contribution is -2.30. The lowest BCUT2D eigenvalue weighted by molar-refractivity contribution is -0.386. The minimum Gasteiger partial charge on any atom is -0.471 e. The molecule has 1 aliphatic rings. The first-order valence-corrected chi connectivity index (χ1v) is 10.2. The van der Waals surface area contributed by atoms with Crippen molar-refractivity contribution in [2.45, 2.75) is 19.6 Å². The summed E-state index contributed by atoms with van der Waals surface area (Å²) in [6.45, 7) is 1.05. The van der Waals surface area contributed by atoms with Gasteiger partial charge in [0.25, 0.3) is 5.91 Å². The molecule has 3 amide bonds. The second kappa shape index (κ2) is 10.3. The third kappa shape index (κ3) is 5.41. The fraction of sp³-hybridized carbons (Fsp3) is 0.238. The molecule has 2 aromatic rings. The average Bonchev–Trinajstić information content (AvgIpc) is 3.39. The van der Waals surface area contributed by atoms with E-state index in [1.165, 1.54) is 38.3 Å². The highest BCUT2D eigenvalue weighted by Crippen LogP contribution is 2.37. The highest BCUT2D eigenvalue weighted by atomic mass is 35.5. The summed E-state index contributed by atoms with van der Waals surface area (Å²) in [5.41, 5.74) is -0.646. The van der Waals surface area contributed by atoms with Crippen LogP contribution in [0.4, 0.5) is 10.5 Å². The second-order valence-corrected chi connectivity index (χ2v) is 7.44. The summed E-state index contributed by atoms with van der Waals surface area (Å²) in [6.07, 6.45) is 0.0141. The van der Waals surface area contributed by atoms with Crippen molar-refractivity contribution in [2.24, 2.45) is 0 Å². The number of nitrogens with one attached hydrogen (secondary N) is 1. The quantitative estimate of drug-likeness (QED) is 0.184. The number of imide groups is 1. The number of ether oxygens (including phenoxy) is 3. The zero-order valence-electron chi connectivity index (χ0n) is 18.5. The molecular weight excluding hydrogens is 490 g/mol. The number of carbonyl (C=O) groups excluding carboxylic acids is 4. The number of nitrogens with zero attached hydrogens (tertiary/aromatic N) is 2. The van der Waals surface area contributed by atoms with Crippen LogP contribution in [0.15, 0.2) is 34.4 Å². The number of methoxy groups -OCH3 is 2. The smallest absolute Gasteiger partial charge is 0.373 e. The van der Waals surface area contributed by atoms with Crippen LogP contribution in [0.25, 0.3) is 6.08 Å². The fourth-order valence-corrected chi connectivity index (χ4v) is 3.30. The third-order valence-electron chi connectivity index (χ3n) is 4.71. The Labute approximate surface area is 202 Å². The first kappa shape index (κ1) is 25.2. The van der Waals surface area contributed by atoms with E-state index >= 15 is 0 Å². The lowest BCUT2D eigenvalue weighted by atomic mass is 10.1.